The first-order valence-electron chi connectivity index (χ1n) is 5.60. The summed E-state index contributed by atoms with van der Waals surface area (Å²) in [6.07, 6.45) is -0.00539. The summed E-state index contributed by atoms with van der Waals surface area (Å²) >= 11 is 0. The largest absolute Gasteiger partial charge is 0.481 e. The number of carbonyl (C=O) groups is 3. The second-order valence-electron chi connectivity index (χ2n) is 3.76. The molecule has 0 aromatic carbocycles. The zero-order valence-corrected chi connectivity index (χ0v) is 10.2. The Morgan fingerprint density at radius 2 is 2.05 bits per heavy atom. The van der Waals surface area contributed by atoms with E-state index in [0.29, 0.717) is 12.2 Å². The third-order valence-electron chi connectivity index (χ3n) is 2.32. The Labute approximate surface area is 108 Å². The Balaban J connectivity index is 2.65. The molecule has 1 heterocycles. The van der Waals surface area contributed by atoms with Gasteiger partial charge in [-0.1, -0.05) is 6.92 Å². The number of aromatic nitrogens is 3. The van der Waals surface area contributed by atoms with Gasteiger partial charge < -0.3 is 15.5 Å². The second-order valence-corrected chi connectivity index (χ2v) is 3.76. The van der Waals surface area contributed by atoms with E-state index in [9.17, 15) is 14.4 Å². The van der Waals surface area contributed by atoms with E-state index in [2.05, 4.69) is 20.5 Å². The van der Waals surface area contributed by atoms with Crippen molar-refractivity contribution in [3.05, 3.63) is 11.6 Å². The molecular weight excluding hydrogens is 256 g/mol. The van der Waals surface area contributed by atoms with Crippen LogP contribution in [0.25, 0.3) is 0 Å². The molecular formula is C10H14N4O5. The monoisotopic (exact) mass is 270 g/mol. The number of aliphatic carboxylic acids is 2. The standard InChI is InChI=1S/C10H14N4O5/c1-2-6-12-8(14-13-6)9(17)11-5(10(18)19)3-4-7(15)16/h5H,2-4H2,1H3,(H,11,17)(H,15,16)(H,18,19)(H,12,13,14)/t5-/m0/s1. The molecule has 0 radical (unpaired) electrons. The Morgan fingerprint density at radius 1 is 1.37 bits per heavy atom. The minimum Gasteiger partial charge on any atom is -0.481 e. The number of nitrogens with one attached hydrogen (secondary N) is 2. The van der Waals surface area contributed by atoms with Gasteiger partial charge in [0.25, 0.3) is 5.91 Å². The van der Waals surface area contributed by atoms with Crippen molar-refractivity contribution < 1.29 is 24.6 Å². The van der Waals surface area contributed by atoms with Crippen molar-refractivity contribution in [1.82, 2.24) is 20.5 Å². The van der Waals surface area contributed by atoms with Crippen molar-refractivity contribution >= 4 is 17.8 Å². The van der Waals surface area contributed by atoms with E-state index < -0.39 is 23.9 Å². The molecule has 0 aliphatic heterocycles. The highest BCUT2D eigenvalue weighted by atomic mass is 16.4. The van der Waals surface area contributed by atoms with Gasteiger partial charge in [-0.25, -0.2) is 9.78 Å². The molecule has 0 bridgehead atoms. The van der Waals surface area contributed by atoms with Crippen molar-refractivity contribution in [3.8, 4) is 0 Å². The van der Waals surface area contributed by atoms with Crippen molar-refractivity contribution in [2.45, 2.75) is 32.2 Å². The summed E-state index contributed by atoms with van der Waals surface area (Å²) in [5, 5.41) is 25.7. The van der Waals surface area contributed by atoms with Crippen LogP contribution in [0.2, 0.25) is 0 Å². The van der Waals surface area contributed by atoms with Gasteiger partial charge >= 0.3 is 11.9 Å². The number of aryl methyl sites for hydroxylation is 1. The van der Waals surface area contributed by atoms with Gasteiger partial charge in [-0.05, 0) is 6.42 Å². The van der Waals surface area contributed by atoms with E-state index in [4.69, 9.17) is 10.2 Å². The van der Waals surface area contributed by atoms with Gasteiger partial charge in [0.1, 0.15) is 11.9 Å². The van der Waals surface area contributed by atoms with Crippen molar-refractivity contribution in [3.63, 3.8) is 0 Å². The van der Waals surface area contributed by atoms with Crippen LogP contribution in [-0.2, 0) is 16.0 Å². The van der Waals surface area contributed by atoms with Crippen LogP contribution in [0.4, 0.5) is 0 Å². The molecule has 104 valence electrons. The summed E-state index contributed by atoms with van der Waals surface area (Å²) in [6.45, 7) is 1.81. The lowest BCUT2D eigenvalue weighted by atomic mass is 10.1. The highest BCUT2D eigenvalue weighted by Crippen LogP contribution is 2.00. The first-order chi connectivity index (χ1) is 8.93. The van der Waals surface area contributed by atoms with E-state index in [0.717, 1.165) is 0 Å². The molecule has 1 aromatic rings. The molecule has 9 nitrogen and oxygen atoms in total. The molecule has 1 atom stereocenters. The summed E-state index contributed by atoms with van der Waals surface area (Å²) < 4.78 is 0. The summed E-state index contributed by atoms with van der Waals surface area (Å²) in [6, 6.07) is -1.29. The predicted molar refractivity (Wildman–Crippen MR) is 61.5 cm³/mol. The van der Waals surface area contributed by atoms with Crippen LogP contribution in [-0.4, -0.2) is 49.3 Å². The minimum atomic E-state index is -1.30. The molecule has 0 unspecified atom stereocenters. The lowest BCUT2D eigenvalue weighted by Gasteiger charge is -2.11. The lowest BCUT2D eigenvalue weighted by molar-refractivity contribution is -0.140. The smallest absolute Gasteiger partial charge is 0.326 e. The fourth-order valence-electron chi connectivity index (χ4n) is 1.30. The van der Waals surface area contributed by atoms with Crippen LogP contribution < -0.4 is 5.32 Å². The molecule has 0 aliphatic carbocycles. The molecule has 0 saturated heterocycles. The van der Waals surface area contributed by atoms with E-state index in [1.807, 2.05) is 6.92 Å². The number of nitrogens with zero attached hydrogens (tertiary/aromatic N) is 2. The molecule has 0 fully saturated rings. The Hall–Kier alpha value is -2.45. The normalized spacial score (nSPS) is 11.8. The Bertz CT molecular complexity index is 484. The fourth-order valence-corrected chi connectivity index (χ4v) is 1.30. The topological polar surface area (TPSA) is 145 Å². The molecule has 1 rings (SSSR count). The SMILES string of the molecule is CCc1nc(C(=O)N[C@@H](CCC(=O)O)C(=O)O)n[nH]1. The molecule has 0 spiro atoms. The molecule has 0 saturated carbocycles. The predicted octanol–water partition coefficient (Wildman–Crippen LogP) is -0.585. The van der Waals surface area contributed by atoms with Crippen LogP contribution in [0.3, 0.4) is 0 Å². The number of carbonyl (C=O) groups excluding carboxylic acids is 1. The zero-order chi connectivity index (χ0) is 14.4. The molecule has 9 heteroatoms. The number of aromatic amines is 1. The summed E-state index contributed by atoms with van der Waals surface area (Å²) in [7, 11) is 0. The van der Waals surface area contributed by atoms with E-state index in [1.54, 1.807) is 0 Å². The van der Waals surface area contributed by atoms with E-state index >= 15 is 0 Å². The highest BCUT2D eigenvalue weighted by molar-refractivity contribution is 5.93. The molecule has 1 amide bonds. The summed E-state index contributed by atoms with van der Waals surface area (Å²) in [5.74, 6) is -2.86. The van der Waals surface area contributed by atoms with Gasteiger partial charge in [0.05, 0.1) is 0 Å². The average molecular weight is 270 g/mol. The minimum absolute atomic E-state index is 0.168. The number of hydrogen-bond donors (Lipinski definition) is 4. The molecule has 4 N–H and O–H groups in total. The van der Waals surface area contributed by atoms with Crippen LogP contribution in [0.1, 0.15) is 36.2 Å². The maximum absolute atomic E-state index is 11.7. The Kier molecular flexibility index (Phi) is 4.98. The van der Waals surface area contributed by atoms with Gasteiger partial charge in [-0.3, -0.25) is 14.7 Å². The fraction of sp³-hybridized carbons (Fsp3) is 0.500. The summed E-state index contributed by atoms with van der Waals surface area (Å²) in [5.41, 5.74) is 0. The maximum Gasteiger partial charge on any atom is 0.326 e. The van der Waals surface area contributed by atoms with Gasteiger partial charge in [0.2, 0.25) is 5.82 Å². The van der Waals surface area contributed by atoms with Gasteiger partial charge in [-0.15, -0.1) is 5.10 Å². The third-order valence-corrected chi connectivity index (χ3v) is 2.32. The number of rotatable bonds is 7. The number of H-pyrrole nitrogens is 1. The van der Waals surface area contributed by atoms with Gasteiger partial charge in [-0.2, -0.15) is 0 Å². The highest BCUT2D eigenvalue weighted by Gasteiger charge is 2.23. The first-order valence-corrected chi connectivity index (χ1v) is 5.60. The quantitative estimate of drug-likeness (QED) is 0.518. The van der Waals surface area contributed by atoms with Gasteiger partial charge in [0, 0.05) is 12.8 Å². The van der Waals surface area contributed by atoms with Crippen molar-refractivity contribution in [1.29, 1.82) is 0 Å². The number of hydrogen-bond acceptors (Lipinski definition) is 5. The van der Waals surface area contributed by atoms with Crippen LogP contribution >= 0.6 is 0 Å². The van der Waals surface area contributed by atoms with Crippen molar-refractivity contribution in [2.75, 3.05) is 0 Å². The summed E-state index contributed by atoms with van der Waals surface area (Å²) in [4.78, 5) is 36.8. The third kappa shape index (κ3) is 4.37. The number of carboxylic acid groups (broad SMARTS) is 2. The van der Waals surface area contributed by atoms with Crippen LogP contribution in [0, 0.1) is 0 Å². The van der Waals surface area contributed by atoms with Crippen LogP contribution in [0.5, 0.6) is 0 Å². The second kappa shape index (κ2) is 6.47. The maximum atomic E-state index is 11.7. The number of amides is 1. The van der Waals surface area contributed by atoms with E-state index in [-0.39, 0.29) is 18.7 Å². The average Bonchev–Trinajstić information content (AvgIpc) is 2.82. The molecule has 0 aliphatic rings. The molecule has 19 heavy (non-hydrogen) atoms. The van der Waals surface area contributed by atoms with Crippen molar-refractivity contribution in [2.24, 2.45) is 0 Å². The zero-order valence-electron chi connectivity index (χ0n) is 10.2. The first kappa shape index (κ1) is 14.6. The Morgan fingerprint density at radius 3 is 2.53 bits per heavy atom. The lowest BCUT2D eigenvalue weighted by Crippen LogP contribution is -2.41. The van der Waals surface area contributed by atoms with Gasteiger partial charge in [0.15, 0.2) is 0 Å². The number of carboxylic acids is 2. The molecule has 1 aromatic heterocycles. The van der Waals surface area contributed by atoms with E-state index in [1.165, 1.54) is 0 Å². The van der Waals surface area contributed by atoms with Crippen LogP contribution in [0.15, 0.2) is 0 Å².